The molecule has 0 unspecified atom stereocenters. The van der Waals surface area contributed by atoms with Gasteiger partial charge in [-0.25, -0.2) is 4.68 Å². The molecule has 1 aromatic heterocycles. The number of rotatable bonds is 5. The molecular formula is C16H17N3O3. The van der Waals surface area contributed by atoms with Crippen molar-refractivity contribution in [2.24, 2.45) is 5.92 Å². The zero-order valence-corrected chi connectivity index (χ0v) is 12.1. The van der Waals surface area contributed by atoms with E-state index >= 15 is 0 Å². The second-order valence-electron chi connectivity index (χ2n) is 5.45. The summed E-state index contributed by atoms with van der Waals surface area (Å²) in [6.07, 6.45) is 4.45. The molecule has 1 atom stereocenters. The molecule has 2 heterocycles. The van der Waals surface area contributed by atoms with Gasteiger partial charge in [-0.1, -0.05) is 12.1 Å². The Balaban J connectivity index is 1.58. The maximum atomic E-state index is 11.8. The van der Waals surface area contributed by atoms with E-state index in [1.807, 2.05) is 36.5 Å². The number of amides is 1. The zero-order chi connectivity index (χ0) is 15.5. The molecule has 1 aliphatic heterocycles. The van der Waals surface area contributed by atoms with Crippen molar-refractivity contribution in [2.45, 2.75) is 12.8 Å². The largest absolute Gasteiger partial charge is 0.481 e. The fourth-order valence-corrected chi connectivity index (χ4v) is 2.65. The molecule has 1 N–H and O–H groups in total. The average Bonchev–Trinajstić information content (AvgIpc) is 3.15. The fourth-order valence-electron chi connectivity index (χ4n) is 2.65. The van der Waals surface area contributed by atoms with E-state index in [1.54, 1.807) is 15.8 Å². The predicted molar refractivity (Wildman–Crippen MR) is 79.6 cm³/mol. The predicted octanol–water partition coefficient (Wildman–Crippen LogP) is 1.35. The third-order valence-corrected chi connectivity index (χ3v) is 3.94. The van der Waals surface area contributed by atoms with Gasteiger partial charge in [0.05, 0.1) is 11.6 Å². The minimum absolute atomic E-state index is 0.0689. The maximum absolute atomic E-state index is 11.8. The first kappa shape index (κ1) is 14.3. The first-order valence-electron chi connectivity index (χ1n) is 7.23. The van der Waals surface area contributed by atoms with Crippen LogP contribution in [0.1, 0.15) is 12.0 Å². The van der Waals surface area contributed by atoms with E-state index in [1.165, 1.54) is 0 Å². The molecule has 0 saturated carbocycles. The van der Waals surface area contributed by atoms with Gasteiger partial charge in [0.2, 0.25) is 5.91 Å². The van der Waals surface area contributed by atoms with Crippen LogP contribution >= 0.6 is 0 Å². The van der Waals surface area contributed by atoms with Crippen molar-refractivity contribution in [1.82, 2.24) is 14.7 Å². The molecule has 114 valence electrons. The van der Waals surface area contributed by atoms with Crippen LogP contribution in [0.5, 0.6) is 0 Å². The highest BCUT2D eigenvalue weighted by molar-refractivity contribution is 5.86. The molecular weight excluding hydrogens is 282 g/mol. The molecule has 1 aromatic carbocycles. The van der Waals surface area contributed by atoms with Crippen LogP contribution in [0.3, 0.4) is 0 Å². The number of carbonyl (C=O) groups is 2. The molecule has 6 nitrogen and oxygen atoms in total. The summed E-state index contributed by atoms with van der Waals surface area (Å²) in [6.45, 7) is 0.878. The number of nitrogens with zero attached hydrogens (tertiary/aromatic N) is 3. The van der Waals surface area contributed by atoms with E-state index in [9.17, 15) is 9.59 Å². The van der Waals surface area contributed by atoms with Crippen molar-refractivity contribution in [2.75, 3.05) is 13.1 Å². The molecule has 0 bridgehead atoms. The van der Waals surface area contributed by atoms with E-state index in [0.29, 0.717) is 13.1 Å². The molecule has 3 rings (SSSR count). The highest BCUT2D eigenvalue weighted by Crippen LogP contribution is 2.18. The summed E-state index contributed by atoms with van der Waals surface area (Å²) in [7, 11) is 0. The Morgan fingerprint density at radius 3 is 2.68 bits per heavy atom. The number of carboxylic acid groups (broad SMARTS) is 1. The number of aromatic nitrogens is 2. The van der Waals surface area contributed by atoms with Gasteiger partial charge in [-0.2, -0.15) is 5.10 Å². The second-order valence-corrected chi connectivity index (χ2v) is 5.45. The first-order valence-corrected chi connectivity index (χ1v) is 7.23. The topological polar surface area (TPSA) is 75.4 Å². The Morgan fingerprint density at radius 1 is 1.32 bits per heavy atom. The van der Waals surface area contributed by atoms with Crippen LogP contribution in [-0.4, -0.2) is 44.8 Å². The van der Waals surface area contributed by atoms with Gasteiger partial charge in [0.25, 0.3) is 0 Å². The standard InChI is InChI=1S/C16H17N3O3/c20-15-10-13(16(21)22)11-18(15)9-6-12-2-4-14(5-3-12)19-8-1-7-17-19/h1-5,7-8,13H,6,9-11H2,(H,21,22)/t13-/m1/s1. The second kappa shape index (κ2) is 6.01. The Morgan fingerprint density at radius 2 is 2.09 bits per heavy atom. The number of likely N-dealkylation sites (tertiary alicyclic amines) is 1. The quantitative estimate of drug-likeness (QED) is 0.904. The lowest BCUT2D eigenvalue weighted by Gasteiger charge is -2.16. The number of aliphatic carboxylic acids is 1. The molecule has 1 fully saturated rings. The van der Waals surface area contributed by atoms with Gasteiger partial charge in [-0.15, -0.1) is 0 Å². The van der Waals surface area contributed by atoms with Gasteiger partial charge >= 0.3 is 5.97 Å². The Hall–Kier alpha value is -2.63. The number of benzene rings is 1. The maximum Gasteiger partial charge on any atom is 0.308 e. The molecule has 2 aromatic rings. The van der Waals surface area contributed by atoms with E-state index in [0.717, 1.165) is 17.7 Å². The normalized spacial score (nSPS) is 17.9. The van der Waals surface area contributed by atoms with Crippen molar-refractivity contribution in [1.29, 1.82) is 0 Å². The van der Waals surface area contributed by atoms with Gasteiger partial charge in [0, 0.05) is 31.9 Å². The molecule has 0 spiro atoms. The molecule has 22 heavy (non-hydrogen) atoms. The van der Waals surface area contributed by atoms with Crippen molar-refractivity contribution in [3.8, 4) is 5.69 Å². The molecule has 0 radical (unpaired) electrons. The number of carboxylic acids is 1. The SMILES string of the molecule is O=C(O)[C@@H]1CC(=O)N(CCc2ccc(-n3cccn3)cc2)C1. The summed E-state index contributed by atoms with van der Waals surface area (Å²) in [5.41, 5.74) is 2.10. The third kappa shape index (κ3) is 3.00. The molecule has 6 heteroatoms. The van der Waals surface area contributed by atoms with Crippen LogP contribution in [0.15, 0.2) is 42.7 Å². The van der Waals surface area contributed by atoms with E-state index < -0.39 is 11.9 Å². The highest BCUT2D eigenvalue weighted by Gasteiger charge is 2.33. The van der Waals surface area contributed by atoms with Gasteiger partial charge < -0.3 is 10.0 Å². The first-order chi connectivity index (χ1) is 10.6. The van der Waals surface area contributed by atoms with Gasteiger partial charge in [-0.3, -0.25) is 9.59 Å². The van der Waals surface area contributed by atoms with Crippen molar-refractivity contribution >= 4 is 11.9 Å². The Kier molecular flexibility index (Phi) is 3.91. The Labute approximate surface area is 128 Å². The minimum Gasteiger partial charge on any atom is -0.481 e. The average molecular weight is 299 g/mol. The lowest BCUT2D eigenvalue weighted by atomic mass is 10.1. The fraction of sp³-hybridized carbons (Fsp3) is 0.312. The highest BCUT2D eigenvalue weighted by atomic mass is 16.4. The lowest BCUT2D eigenvalue weighted by molar-refractivity contribution is -0.141. The minimum atomic E-state index is -0.889. The Bertz CT molecular complexity index is 664. The van der Waals surface area contributed by atoms with E-state index in [-0.39, 0.29) is 12.3 Å². The monoisotopic (exact) mass is 299 g/mol. The van der Waals surface area contributed by atoms with Crippen LogP contribution in [0, 0.1) is 5.92 Å². The smallest absolute Gasteiger partial charge is 0.308 e. The van der Waals surface area contributed by atoms with Crippen LogP contribution in [0.4, 0.5) is 0 Å². The van der Waals surface area contributed by atoms with Crippen LogP contribution in [-0.2, 0) is 16.0 Å². The molecule has 1 saturated heterocycles. The van der Waals surface area contributed by atoms with Crippen LogP contribution in [0.25, 0.3) is 5.69 Å². The summed E-state index contributed by atoms with van der Waals surface area (Å²) in [4.78, 5) is 24.3. The van der Waals surface area contributed by atoms with E-state index in [2.05, 4.69) is 5.10 Å². The van der Waals surface area contributed by atoms with Crippen LogP contribution < -0.4 is 0 Å². The van der Waals surface area contributed by atoms with Gasteiger partial charge in [0.1, 0.15) is 0 Å². The van der Waals surface area contributed by atoms with Crippen molar-refractivity contribution in [3.63, 3.8) is 0 Å². The van der Waals surface area contributed by atoms with Crippen molar-refractivity contribution in [3.05, 3.63) is 48.3 Å². The van der Waals surface area contributed by atoms with E-state index in [4.69, 9.17) is 5.11 Å². The number of hydrogen-bond acceptors (Lipinski definition) is 3. The summed E-state index contributed by atoms with van der Waals surface area (Å²) >= 11 is 0. The number of carbonyl (C=O) groups excluding carboxylic acids is 1. The molecule has 1 aliphatic rings. The molecule has 1 amide bonds. The molecule has 0 aliphatic carbocycles. The van der Waals surface area contributed by atoms with Gasteiger partial charge in [0.15, 0.2) is 0 Å². The van der Waals surface area contributed by atoms with Crippen molar-refractivity contribution < 1.29 is 14.7 Å². The summed E-state index contributed by atoms with van der Waals surface area (Å²) in [5, 5.41) is 13.1. The number of hydrogen-bond donors (Lipinski definition) is 1. The summed E-state index contributed by atoms with van der Waals surface area (Å²) in [5.74, 6) is -1.52. The third-order valence-electron chi connectivity index (χ3n) is 3.94. The van der Waals surface area contributed by atoms with Crippen LogP contribution in [0.2, 0.25) is 0 Å². The summed E-state index contributed by atoms with van der Waals surface area (Å²) in [6, 6.07) is 9.84. The summed E-state index contributed by atoms with van der Waals surface area (Å²) < 4.78 is 1.78. The zero-order valence-electron chi connectivity index (χ0n) is 12.1. The lowest BCUT2D eigenvalue weighted by Crippen LogP contribution is -2.28. The van der Waals surface area contributed by atoms with Gasteiger partial charge in [-0.05, 0) is 30.2 Å².